The van der Waals surface area contributed by atoms with E-state index < -0.39 is 0 Å². The van der Waals surface area contributed by atoms with Crippen molar-refractivity contribution in [3.8, 4) is 0 Å². The summed E-state index contributed by atoms with van der Waals surface area (Å²) >= 11 is 5.57. The van der Waals surface area contributed by atoms with Gasteiger partial charge in [-0.2, -0.15) is 9.97 Å². The van der Waals surface area contributed by atoms with Gasteiger partial charge in [-0.05, 0) is 57.2 Å². The maximum absolute atomic E-state index is 5.57. The van der Waals surface area contributed by atoms with Gasteiger partial charge in [-0.3, -0.25) is 4.90 Å². The van der Waals surface area contributed by atoms with Gasteiger partial charge in [-0.15, -0.1) is 0 Å². The predicted octanol–water partition coefficient (Wildman–Crippen LogP) is 2.71. The summed E-state index contributed by atoms with van der Waals surface area (Å²) in [5, 5.41) is 7.17. The Labute approximate surface area is 198 Å². The molecule has 2 atom stereocenters. The second kappa shape index (κ2) is 11.4. The van der Waals surface area contributed by atoms with Crippen LogP contribution in [0.5, 0.6) is 0 Å². The lowest BCUT2D eigenvalue weighted by Gasteiger charge is -2.36. The van der Waals surface area contributed by atoms with Crippen LogP contribution in [0.4, 0.5) is 17.6 Å². The Balaban J connectivity index is 1.43. The van der Waals surface area contributed by atoms with Crippen molar-refractivity contribution >= 4 is 34.9 Å². The van der Waals surface area contributed by atoms with Crippen molar-refractivity contribution in [2.45, 2.75) is 52.0 Å². The van der Waals surface area contributed by atoms with Gasteiger partial charge in [-0.1, -0.05) is 6.92 Å². The number of piperidine rings is 2. The number of hydrogen-bond donors (Lipinski definition) is 2. The largest absolute Gasteiger partial charge is 0.379 e. The molecular weight excluding hydrogens is 422 g/mol. The van der Waals surface area contributed by atoms with Crippen molar-refractivity contribution in [3.05, 3.63) is 6.07 Å². The number of hydrogen-bond acceptors (Lipinski definition) is 7. The lowest BCUT2D eigenvalue weighted by molar-refractivity contribution is 0.0389. The molecule has 3 aliphatic rings. The van der Waals surface area contributed by atoms with Gasteiger partial charge >= 0.3 is 0 Å². The number of aromatic nitrogens is 2. The molecule has 0 aliphatic carbocycles. The number of nitrogens with zero attached hydrogens (tertiary/aromatic N) is 5. The minimum Gasteiger partial charge on any atom is -0.379 e. The molecule has 0 saturated carbocycles. The molecule has 0 bridgehead atoms. The van der Waals surface area contributed by atoms with Gasteiger partial charge in [0.1, 0.15) is 11.6 Å². The zero-order valence-corrected chi connectivity index (χ0v) is 20.5. The fourth-order valence-electron chi connectivity index (χ4n) is 4.92. The van der Waals surface area contributed by atoms with E-state index in [1.807, 2.05) is 0 Å². The monoisotopic (exact) mass is 461 g/mol. The fraction of sp³-hybridized carbons (Fsp3) is 0.783. The van der Waals surface area contributed by atoms with Crippen LogP contribution in [0.3, 0.4) is 0 Å². The molecule has 0 radical (unpaired) electrons. The molecule has 0 aromatic carbocycles. The van der Waals surface area contributed by atoms with Crippen molar-refractivity contribution in [2.24, 2.45) is 5.92 Å². The molecule has 3 saturated heterocycles. The Hall–Kier alpha value is -1.71. The molecule has 8 nitrogen and oxygen atoms in total. The second-order valence-corrected chi connectivity index (χ2v) is 9.88. The maximum atomic E-state index is 5.57. The first-order valence-electron chi connectivity index (χ1n) is 12.3. The molecule has 0 spiro atoms. The summed E-state index contributed by atoms with van der Waals surface area (Å²) in [6, 6.07) is 2.68. The van der Waals surface area contributed by atoms with E-state index in [2.05, 4.69) is 45.2 Å². The van der Waals surface area contributed by atoms with Crippen molar-refractivity contribution in [1.82, 2.24) is 20.2 Å². The summed E-state index contributed by atoms with van der Waals surface area (Å²) in [7, 11) is 0. The summed E-state index contributed by atoms with van der Waals surface area (Å²) in [6.07, 6.45) is 6.23. The standard InChI is InChI=1S/C23H39N7OS/c1-18-6-5-9-29(17-18)20-16-21(30-10-4-3-7-19(30)2)26-22(25-20)27-23(32)24-8-11-28-12-14-31-15-13-28/h16,18-19H,3-15,17H2,1-2H3,(H2,24,25,26,27,32)/t18-,19+/m1/s1. The van der Waals surface area contributed by atoms with E-state index in [1.54, 1.807) is 0 Å². The number of nitrogens with one attached hydrogen (secondary N) is 2. The van der Waals surface area contributed by atoms with Crippen molar-refractivity contribution in [2.75, 3.05) is 74.1 Å². The zero-order chi connectivity index (χ0) is 22.3. The lowest BCUT2D eigenvalue weighted by Crippen LogP contribution is -2.42. The Morgan fingerprint density at radius 1 is 1.06 bits per heavy atom. The third-order valence-corrected chi connectivity index (χ3v) is 7.07. The average Bonchev–Trinajstić information content (AvgIpc) is 2.80. The molecule has 0 unspecified atom stereocenters. The maximum Gasteiger partial charge on any atom is 0.232 e. The molecule has 4 heterocycles. The minimum absolute atomic E-state index is 0.498. The van der Waals surface area contributed by atoms with E-state index in [1.165, 1.54) is 32.1 Å². The van der Waals surface area contributed by atoms with E-state index in [0.717, 1.165) is 70.7 Å². The van der Waals surface area contributed by atoms with E-state index in [0.29, 0.717) is 23.0 Å². The molecule has 3 aliphatic heterocycles. The number of anilines is 3. The molecule has 32 heavy (non-hydrogen) atoms. The fourth-order valence-corrected chi connectivity index (χ4v) is 5.11. The third-order valence-electron chi connectivity index (χ3n) is 6.82. The van der Waals surface area contributed by atoms with Gasteiger partial charge in [0, 0.05) is 57.9 Å². The van der Waals surface area contributed by atoms with Crippen LogP contribution in [-0.2, 0) is 4.74 Å². The molecule has 2 N–H and O–H groups in total. The predicted molar refractivity (Wildman–Crippen MR) is 135 cm³/mol. The quantitative estimate of drug-likeness (QED) is 0.622. The second-order valence-electron chi connectivity index (χ2n) is 9.47. The number of ether oxygens (including phenoxy) is 1. The van der Waals surface area contributed by atoms with E-state index in [-0.39, 0.29) is 0 Å². The van der Waals surface area contributed by atoms with Crippen molar-refractivity contribution < 1.29 is 4.74 Å². The Morgan fingerprint density at radius 2 is 1.88 bits per heavy atom. The van der Waals surface area contributed by atoms with Gasteiger partial charge in [0.25, 0.3) is 0 Å². The van der Waals surface area contributed by atoms with Gasteiger partial charge in [0.2, 0.25) is 5.95 Å². The SMILES string of the molecule is C[C@@H]1CCCN(c2cc(N3CCCC[C@@H]3C)nc(NC(=S)NCCN3CCOCC3)n2)C1. The van der Waals surface area contributed by atoms with Crippen LogP contribution in [0, 0.1) is 5.92 Å². The molecular formula is C23H39N7OS. The normalized spacial score (nSPS) is 24.9. The van der Waals surface area contributed by atoms with Crippen LogP contribution in [-0.4, -0.2) is 85.0 Å². The molecule has 9 heteroatoms. The average molecular weight is 462 g/mol. The van der Waals surface area contributed by atoms with Crippen molar-refractivity contribution in [3.63, 3.8) is 0 Å². The Kier molecular flexibility index (Phi) is 8.37. The first-order chi connectivity index (χ1) is 15.6. The molecule has 4 rings (SSSR count). The highest BCUT2D eigenvalue weighted by molar-refractivity contribution is 7.80. The summed E-state index contributed by atoms with van der Waals surface area (Å²) in [5.74, 6) is 3.31. The highest BCUT2D eigenvalue weighted by atomic mass is 32.1. The minimum atomic E-state index is 0.498. The van der Waals surface area contributed by atoms with E-state index >= 15 is 0 Å². The zero-order valence-electron chi connectivity index (χ0n) is 19.7. The molecule has 3 fully saturated rings. The van der Waals surface area contributed by atoms with Crippen LogP contribution in [0.15, 0.2) is 6.07 Å². The Morgan fingerprint density at radius 3 is 2.66 bits per heavy atom. The van der Waals surface area contributed by atoms with Crippen LogP contribution >= 0.6 is 12.2 Å². The highest BCUT2D eigenvalue weighted by Crippen LogP contribution is 2.29. The highest BCUT2D eigenvalue weighted by Gasteiger charge is 2.24. The lowest BCUT2D eigenvalue weighted by atomic mass is 10.0. The van der Waals surface area contributed by atoms with Crippen LogP contribution in [0.2, 0.25) is 0 Å². The van der Waals surface area contributed by atoms with Gasteiger partial charge in [0.15, 0.2) is 5.11 Å². The molecule has 1 aromatic heterocycles. The number of thiocarbonyl (C=S) groups is 1. The number of rotatable bonds is 6. The van der Waals surface area contributed by atoms with Crippen molar-refractivity contribution in [1.29, 1.82) is 0 Å². The van der Waals surface area contributed by atoms with Gasteiger partial charge in [-0.25, -0.2) is 0 Å². The van der Waals surface area contributed by atoms with Crippen LogP contribution in [0.25, 0.3) is 0 Å². The van der Waals surface area contributed by atoms with E-state index in [4.69, 9.17) is 26.9 Å². The molecule has 178 valence electrons. The topological polar surface area (TPSA) is 68.8 Å². The summed E-state index contributed by atoms with van der Waals surface area (Å²) < 4.78 is 5.42. The van der Waals surface area contributed by atoms with E-state index in [9.17, 15) is 0 Å². The summed E-state index contributed by atoms with van der Waals surface area (Å²) in [6.45, 7) is 13.1. The third kappa shape index (κ3) is 6.42. The first-order valence-corrected chi connectivity index (χ1v) is 12.7. The van der Waals surface area contributed by atoms with Crippen LogP contribution in [0.1, 0.15) is 46.0 Å². The van der Waals surface area contributed by atoms with Gasteiger partial charge < -0.3 is 25.2 Å². The van der Waals surface area contributed by atoms with Gasteiger partial charge in [0.05, 0.1) is 13.2 Å². The molecule has 1 aromatic rings. The summed E-state index contributed by atoms with van der Waals surface area (Å²) in [5.41, 5.74) is 0. The first kappa shape index (κ1) is 23.4. The summed E-state index contributed by atoms with van der Waals surface area (Å²) in [4.78, 5) is 17.0. The Bertz CT molecular complexity index is 758. The molecule has 0 amide bonds. The smallest absolute Gasteiger partial charge is 0.232 e. The number of morpholine rings is 1. The van der Waals surface area contributed by atoms with Crippen LogP contribution < -0.4 is 20.4 Å².